The number of hydrogen-bond acceptors (Lipinski definition) is 2. The number of ether oxygens (including phenoxy) is 1. The lowest BCUT2D eigenvalue weighted by Gasteiger charge is -2.40. The van der Waals surface area contributed by atoms with Crippen LogP contribution in [0.2, 0.25) is 0 Å². The van der Waals surface area contributed by atoms with E-state index in [2.05, 4.69) is 13.3 Å². The molecule has 0 aromatic rings. The summed E-state index contributed by atoms with van der Waals surface area (Å²) in [4.78, 5) is 0. The molecular formula is C8H15O2. The van der Waals surface area contributed by atoms with Gasteiger partial charge in [0.05, 0.1) is 13.2 Å². The van der Waals surface area contributed by atoms with Crippen molar-refractivity contribution in [3.63, 3.8) is 0 Å². The first kappa shape index (κ1) is 8.02. The Kier molecular flexibility index (Phi) is 2.69. The average Bonchev–Trinajstić information content (AvgIpc) is 1.87. The van der Waals surface area contributed by atoms with E-state index in [1.807, 2.05) is 0 Å². The van der Waals surface area contributed by atoms with Crippen molar-refractivity contribution in [3.05, 3.63) is 6.42 Å². The average molecular weight is 143 g/mol. The Morgan fingerprint density at radius 2 is 2.30 bits per heavy atom. The van der Waals surface area contributed by atoms with Gasteiger partial charge in [-0.2, -0.15) is 0 Å². The number of aliphatic hydroxyl groups excluding tert-OH is 1. The molecule has 0 atom stereocenters. The van der Waals surface area contributed by atoms with Crippen molar-refractivity contribution >= 4 is 0 Å². The normalized spacial score (nSPS) is 22.2. The van der Waals surface area contributed by atoms with Crippen LogP contribution < -0.4 is 0 Å². The fourth-order valence-corrected chi connectivity index (χ4v) is 1.20. The monoisotopic (exact) mass is 143 g/mol. The summed E-state index contributed by atoms with van der Waals surface area (Å²) in [6.45, 7) is 4.13. The predicted octanol–water partition coefficient (Wildman–Crippen LogP) is 1.000. The third kappa shape index (κ3) is 1.50. The Balaban J connectivity index is 2.20. The highest BCUT2D eigenvalue weighted by molar-refractivity contribution is 4.96. The molecule has 0 aromatic carbocycles. The van der Waals surface area contributed by atoms with Gasteiger partial charge < -0.3 is 9.84 Å². The van der Waals surface area contributed by atoms with E-state index in [-0.39, 0.29) is 6.61 Å². The summed E-state index contributed by atoms with van der Waals surface area (Å²) in [6.07, 6.45) is 4.13. The van der Waals surface area contributed by atoms with Gasteiger partial charge in [0.2, 0.25) is 0 Å². The molecule has 0 spiro atoms. The first-order valence-electron chi connectivity index (χ1n) is 3.86. The summed E-state index contributed by atoms with van der Waals surface area (Å²) >= 11 is 0. The summed E-state index contributed by atoms with van der Waals surface area (Å²) < 4.78 is 5.11. The Morgan fingerprint density at radius 1 is 1.60 bits per heavy atom. The highest BCUT2D eigenvalue weighted by Gasteiger charge is 2.35. The van der Waals surface area contributed by atoms with Gasteiger partial charge in [-0.15, -0.1) is 0 Å². The van der Waals surface area contributed by atoms with Crippen molar-refractivity contribution in [2.45, 2.75) is 19.8 Å². The summed E-state index contributed by atoms with van der Waals surface area (Å²) in [7, 11) is 0. The molecule has 1 saturated heterocycles. The van der Waals surface area contributed by atoms with Gasteiger partial charge in [-0.3, -0.25) is 0 Å². The second-order valence-corrected chi connectivity index (χ2v) is 2.93. The van der Waals surface area contributed by atoms with Gasteiger partial charge >= 0.3 is 0 Å². The first-order valence-corrected chi connectivity index (χ1v) is 3.86. The highest BCUT2D eigenvalue weighted by atomic mass is 16.5. The summed E-state index contributed by atoms with van der Waals surface area (Å²) in [5.74, 6) is 0. The van der Waals surface area contributed by atoms with Crippen LogP contribution in [0.5, 0.6) is 0 Å². The fourth-order valence-electron chi connectivity index (χ4n) is 1.20. The van der Waals surface area contributed by atoms with Gasteiger partial charge in [-0.05, 0) is 19.3 Å². The minimum absolute atomic E-state index is 0.266. The lowest BCUT2D eigenvalue weighted by molar-refractivity contribution is -0.0958. The van der Waals surface area contributed by atoms with Crippen LogP contribution in [0.4, 0.5) is 0 Å². The molecule has 1 radical (unpaired) electrons. The maximum absolute atomic E-state index is 8.57. The molecule has 0 unspecified atom stereocenters. The van der Waals surface area contributed by atoms with Crippen LogP contribution in [0.25, 0.3) is 0 Å². The van der Waals surface area contributed by atoms with Gasteiger partial charge in [0.25, 0.3) is 0 Å². The molecule has 2 heteroatoms. The van der Waals surface area contributed by atoms with Crippen LogP contribution in [-0.2, 0) is 4.74 Å². The van der Waals surface area contributed by atoms with Crippen LogP contribution in [0.3, 0.4) is 0 Å². The molecular weight excluding hydrogens is 128 g/mol. The van der Waals surface area contributed by atoms with Gasteiger partial charge in [-0.25, -0.2) is 0 Å². The molecule has 0 bridgehead atoms. The van der Waals surface area contributed by atoms with Crippen molar-refractivity contribution in [2.24, 2.45) is 5.41 Å². The van der Waals surface area contributed by atoms with E-state index in [4.69, 9.17) is 9.84 Å². The van der Waals surface area contributed by atoms with Gasteiger partial charge in [0.15, 0.2) is 0 Å². The summed E-state index contributed by atoms with van der Waals surface area (Å²) in [5.41, 5.74) is 0.308. The highest BCUT2D eigenvalue weighted by Crippen LogP contribution is 2.34. The maximum Gasteiger partial charge on any atom is 0.0547 e. The molecule has 10 heavy (non-hydrogen) atoms. The van der Waals surface area contributed by atoms with E-state index in [9.17, 15) is 0 Å². The maximum atomic E-state index is 8.57. The quantitative estimate of drug-likeness (QED) is 0.636. The van der Waals surface area contributed by atoms with Crippen molar-refractivity contribution in [1.82, 2.24) is 0 Å². The SMILES string of the molecule is CCC1([CH]CCO)COC1. The van der Waals surface area contributed by atoms with Crippen LogP contribution in [0.15, 0.2) is 0 Å². The molecule has 1 aliphatic rings. The van der Waals surface area contributed by atoms with Crippen molar-refractivity contribution in [3.8, 4) is 0 Å². The Hall–Kier alpha value is -0.0800. The minimum atomic E-state index is 0.266. The van der Waals surface area contributed by atoms with Crippen LogP contribution in [0.1, 0.15) is 19.8 Å². The van der Waals surface area contributed by atoms with E-state index in [1.165, 1.54) is 0 Å². The molecule has 0 aromatic heterocycles. The molecule has 1 aliphatic heterocycles. The van der Waals surface area contributed by atoms with Crippen LogP contribution in [-0.4, -0.2) is 24.9 Å². The molecule has 1 fully saturated rings. The zero-order valence-electron chi connectivity index (χ0n) is 6.47. The zero-order valence-corrected chi connectivity index (χ0v) is 6.47. The lowest BCUT2D eigenvalue weighted by Crippen LogP contribution is -2.42. The summed E-state index contributed by atoms with van der Waals surface area (Å²) in [6, 6.07) is 0. The van der Waals surface area contributed by atoms with E-state index in [1.54, 1.807) is 0 Å². The van der Waals surface area contributed by atoms with E-state index in [0.29, 0.717) is 5.41 Å². The molecule has 0 amide bonds. The first-order chi connectivity index (χ1) is 4.83. The fraction of sp³-hybridized carbons (Fsp3) is 0.875. The Bertz CT molecular complexity index is 91.9. The van der Waals surface area contributed by atoms with Gasteiger partial charge in [0, 0.05) is 12.0 Å². The number of aliphatic hydroxyl groups is 1. The standard InChI is InChI=1S/C8H15O2/c1-2-8(4-3-5-9)6-10-7-8/h4,9H,2-3,5-7H2,1H3. The molecule has 0 aliphatic carbocycles. The smallest absolute Gasteiger partial charge is 0.0547 e. The lowest BCUT2D eigenvalue weighted by atomic mass is 9.79. The van der Waals surface area contributed by atoms with E-state index in [0.717, 1.165) is 26.1 Å². The Morgan fingerprint density at radius 3 is 2.60 bits per heavy atom. The van der Waals surface area contributed by atoms with Gasteiger partial charge in [-0.1, -0.05) is 6.92 Å². The molecule has 1 rings (SSSR count). The van der Waals surface area contributed by atoms with Crippen LogP contribution in [0, 0.1) is 11.8 Å². The van der Waals surface area contributed by atoms with Crippen molar-refractivity contribution < 1.29 is 9.84 Å². The third-order valence-electron chi connectivity index (χ3n) is 2.19. The molecule has 1 N–H and O–H groups in total. The second-order valence-electron chi connectivity index (χ2n) is 2.93. The largest absolute Gasteiger partial charge is 0.396 e. The number of hydrogen-bond donors (Lipinski definition) is 1. The van der Waals surface area contributed by atoms with E-state index < -0.39 is 0 Å². The van der Waals surface area contributed by atoms with Crippen LogP contribution >= 0.6 is 0 Å². The summed E-state index contributed by atoms with van der Waals surface area (Å²) in [5, 5.41) is 8.57. The molecule has 1 heterocycles. The molecule has 0 saturated carbocycles. The zero-order chi connectivity index (χ0) is 7.45. The van der Waals surface area contributed by atoms with Crippen molar-refractivity contribution in [2.75, 3.05) is 19.8 Å². The molecule has 2 nitrogen and oxygen atoms in total. The molecule has 59 valence electrons. The predicted molar refractivity (Wildman–Crippen MR) is 39.5 cm³/mol. The third-order valence-corrected chi connectivity index (χ3v) is 2.19. The van der Waals surface area contributed by atoms with E-state index >= 15 is 0 Å². The number of rotatable bonds is 4. The van der Waals surface area contributed by atoms with Crippen molar-refractivity contribution in [1.29, 1.82) is 0 Å². The van der Waals surface area contributed by atoms with Gasteiger partial charge in [0.1, 0.15) is 0 Å². The topological polar surface area (TPSA) is 29.5 Å². The Labute approximate surface area is 62.2 Å². The second kappa shape index (κ2) is 3.35. The minimum Gasteiger partial charge on any atom is -0.396 e.